The minimum absolute atomic E-state index is 0.135. The number of nitrogens with zero attached hydrogens (tertiary/aromatic N) is 1. The van der Waals surface area contributed by atoms with E-state index < -0.39 is 0 Å². The molecule has 1 unspecified atom stereocenters. The van der Waals surface area contributed by atoms with Gasteiger partial charge in [0.25, 0.3) is 5.56 Å². The molecule has 0 spiro atoms. The highest BCUT2D eigenvalue weighted by Gasteiger charge is 2.16. The van der Waals surface area contributed by atoms with E-state index >= 15 is 0 Å². The van der Waals surface area contributed by atoms with Crippen LogP contribution in [0.25, 0.3) is 0 Å². The van der Waals surface area contributed by atoms with Gasteiger partial charge in [0.2, 0.25) is 0 Å². The van der Waals surface area contributed by atoms with E-state index in [2.05, 4.69) is 15.3 Å². The van der Waals surface area contributed by atoms with Gasteiger partial charge in [0, 0.05) is 22.6 Å². The number of aromatic amines is 1. The van der Waals surface area contributed by atoms with Crippen molar-refractivity contribution in [2.45, 2.75) is 23.0 Å². The summed E-state index contributed by atoms with van der Waals surface area (Å²) in [5.41, 5.74) is 5.73. The van der Waals surface area contributed by atoms with Crippen LogP contribution in [0.5, 0.6) is 0 Å². The summed E-state index contributed by atoms with van der Waals surface area (Å²) in [5.74, 6) is -0.168. The first-order chi connectivity index (χ1) is 9.51. The largest absolute Gasteiger partial charge is 0.383 e. The van der Waals surface area contributed by atoms with Gasteiger partial charge in [-0.15, -0.1) is 0 Å². The number of nitrogens with one attached hydrogen (secondary N) is 2. The molecular weight excluding hydrogens is 279 g/mol. The molecule has 4 N–H and O–H groups in total. The van der Waals surface area contributed by atoms with Crippen molar-refractivity contribution in [3.8, 4) is 0 Å². The summed E-state index contributed by atoms with van der Waals surface area (Å²) in [7, 11) is 1.76. The van der Waals surface area contributed by atoms with Gasteiger partial charge in [0.15, 0.2) is 5.16 Å². The second kappa shape index (κ2) is 6.06. The molecule has 0 saturated carbocycles. The number of benzene rings is 1. The van der Waals surface area contributed by atoms with Crippen LogP contribution >= 0.6 is 11.8 Å². The summed E-state index contributed by atoms with van der Waals surface area (Å²) >= 11 is 1.17. The Morgan fingerprint density at radius 3 is 2.90 bits per heavy atom. The van der Waals surface area contributed by atoms with E-state index in [1.165, 1.54) is 23.9 Å². The topological polar surface area (TPSA) is 83.8 Å². The molecule has 0 aliphatic heterocycles. The standard InChI is InChI=1S/C13H15FN4OS/c1-7(16-2)12-8(14)4-3-5-9(12)20-13-17-10(15)6-11(19)18-13/h3-7,16H,1-2H3,(H3,15,17,18,19). The third kappa shape index (κ3) is 3.17. The molecule has 0 saturated heterocycles. The lowest BCUT2D eigenvalue weighted by Crippen LogP contribution is -2.15. The number of rotatable bonds is 4. The van der Waals surface area contributed by atoms with Crippen molar-refractivity contribution in [3.05, 3.63) is 46.0 Å². The molecule has 106 valence electrons. The monoisotopic (exact) mass is 294 g/mol. The van der Waals surface area contributed by atoms with Crippen molar-refractivity contribution in [1.29, 1.82) is 0 Å². The summed E-state index contributed by atoms with van der Waals surface area (Å²) in [6.45, 7) is 1.86. The second-order valence-corrected chi connectivity index (χ2v) is 5.27. The van der Waals surface area contributed by atoms with E-state index in [9.17, 15) is 9.18 Å². The minimum Gasteiger partial charge on any atom is -0.383 e. The molecule has 1 atom stereocenters. The van der Waals surface area contributed by atoms with Crippen LogP contribution in [0.1, 0.15) is 18.5 Å². The van der Waals surface area contributed by atoms with Gasteiger partial charge < -0.3 is 16.0 Å². The number of hydrogen-bond acceptors (Lipinski definition) is 5. The maximum Gasteiger partial charge on any atom is 0.253 e. The third-order valence-electron chi connectivity index (χ3n) is 2.83. The number of anilines is 1. The zero-order valence-electron chi connectivity index (χ0n) is 11.1. The fraction of sp³-hybridized carbons (Fsp3) is 0.231. The first-order valence-corrected chi connectivity index (χ1v) is 6.83. The van der Waals surface area contributed by atoms with Gasteiger partial charge >= 0.3 is 0 Å². The second-order valence-electron chi connectivity index (χ2n) is 4.24. The first kappa shape index (κ1) is 14.5. The molecule has 0 fully saturated rings. The Kier molecular flexibility index (Phi) is 4.41. The average Bonchev–Trinajstić information content (AvgIpc) is 2.37. The highest BCUT2D eigenvalue weighted by Crippen LogP contribution is 2.32. The van der Waals surface area contributed by atoms with Crippen molar-refractivity contribution in [2.75, 3.05) is 12.8 Å². The molecule has 1 aromatic carbocycles. The molecule has 5 nitrogen and oxygen atoms in total. The predicted octanol–water partition coefficient (Wildman–Crippen LogP) is 1.92. The van der Waals surface area contributed by atoms with Gasteiger partial charge in [-0.3, -0.25) is 4.79 Å². The Morgan fingerprint density at radius 2 is 2.25 bits per heavy atom. The van der Waals surface area contributed by atoms with E-state index in [1.807, 2.05) is 6.92 Å². The molecule has 1 heterocycles. The van der Waals surface area contributed by atoms with E-state index in [0.717, 1.165) is 0 Å². The summed E-state index contributed by atoms with van der Waals surface area (Å²) < 4.78 is 14.0. The van der Waals surface area contributed by atoms with Crippen LogP contribution < -0.4 is 16.6 Å². The molecule has 0 amide bonds. The molecular formula is C13H15FN4OS. The van der Waals surface area contributed by atoms with Gasteiger partial charge in [-0.05, 0) is 26.1 Å². The van der Waals surface area contributed by atoms with Crippen molar-refractivity contribution >= 4 is 17.6 Å². The third-order valence-corrected chi connectivity index (χ3v) is 3.79. The highest BCUT2D eigenvalue weighted by molar-refractivity contribution is 7.99. The Balaban J connectivity index is 2.43. The molecule has 0 aliphatic rings. The Hall–Kier alpha value is -1.86. The quantitative estimate of drug-likeness (QED) is 0.750. The number of halogens is 1. The van der Waals surface area contributed by atoms with Crippen LogP contribution in [-0.2, 0) is 0 Å². The van der Waals surface area contributed by atoms with Crippen molar-refractivity contribution in [1.82, 2.24) is 15.3 Å². The van der Waals surface area contributed by atoms with Crippen molar-refractivity contribution in [2.24, 2.45) is 0 Å². The zero-order chi connectivity index (χ0) is 14.7. The smallest absolute Gasteiger partial charge is 0.253 e. The van der Waals surface area contributed by atoms with Crippen molar-refractivity contribution < 1.29 is 4.39 Å². The summed E-state index contributed by atoms with van der Waals surface area (Å²) in [6.07, 6.45) is 0. The van der Waals surface area contributed by atoms with Gasteiger partial charge in [0.1, 0.15) is 11.6 Å². The highest BCUT2D eigenvalue weighted by atomic mass is 32.2. The van der Waals surface area contributed by atoms with E-state index in [0.29, 0.717) is 15.6 Å². The summed E-state index contributed by atoms with van der Waals surface area (Å²) in [6, 6.07) is 5.84. The lowest BCUT2D eigenvalue weighted by molar-refractivity contribution is 0.552. The Bertz CT molecular complexity index is 674. The number of nitrogen functional groups attached to an aromatic ring is 1. The maximum absolute atomic E-state index is 14.0. The van der Waals surface area contributed by atoms with Crippen LogP contribution in [0.2, 0.25) is 0 Å². The predicted molar refractivity (Wildman–Crippen MR) is 77.3 cm³/mol. The lowest BCUT2D eigenvalue weighted by Gasteiger charge is -2.16. The normalized spacial score (nSPS) is 12.3. The van der Waals surface area contributed by atoms with Gasteiger partial charge in [-0.2, -0.15) is 0 Å². The molecule has 2 rings (SSSR count). The SMILES string of the molecule is CNC(C)c1c(F)cccc1Sc1nc(N)cc(=O)[nH]1. The molecule has 2 aromatic rings. The summed E-state index contributed by atoms with van der Waals surface area (Å²) in [5, 5.41) is 3.34. The fourth-order valence-corrected chi connectivity index (χ4v) is 2.82. The number of nitrogens with two attached hydrogens (primary N) is 1. The molecule has 7 heteroatoms. The van der Waals surface area contributed by atoms with Crippen LogP contribution in [0.4, 0.5) is 10.2 Å². The first-order valence-electron chi connectivity index (χ1n) is 6.01. The molecule has 0 aliphatic carbocycles. The number of H-pyrrole nitrogens is 1. The van der Waals surface area contributed by atoms with Crippen LogP contribution in [-0.4, -0.2) is 17.0 Å². The number of hydrogen-bond donors (Lipinski definition) is 3. The molecule has 20 heavy (non-hydrogen) atoms. The van der Waals surface area contributed by atoms with Gasteiger partial charge in [-0.25, -0.2) is 9.37 Å². The average molecular weight is 294 g/mol. The maximum atomic E-state index is 14.0. The fourth-order valence-electron chi connectivity index (χ4n) is 1.78. The molecule has 0 bridgehead atoms. The van der Waals surface area contributed by atoms with Crippen LogP contribution in [0.15, 0.2) is 39.1 Å². The summed E-state index contributed by atoms with van der Waals surface area (Å²) in [4.78, 5) is 18.7. The molecule has 1 aromatic heterocycles. The molecule has 0 radical (unpaired) electrons. The lowest BCUT2D eigenvalue weighted by atomic mass is 10.1. The Labute approximate surface area is 119 Å². The van der Waals surface area contributed by atoms with E-state index in [-0.39, 0.29) is 23.2 Å². The number of aromatic nitrogens is 2. The van der Waals surface area contributed by atoms with E-state index in [4.69, 9.17) is 5.73 Å². The van der Waals surface area contributed by atoms with Gasteiger partial charge in [-0.1, -0.05) is 17.8 Å². The Morgan fingerprint density at radius 1 is 1.50 bits per heavy atom. The minimum atomic E-state index is -0.334. The van der Waals surface area contributed by atoms with Crippen LogP contribution in [0.3, 0.4) is 0 Å². The zero-order valence-corrected chi connectivity index (χ0v) is 11.9. The van der Waals surface area contributed by atoms with Crippen molar-refractivity contribution in [3.63, 3.8) is 0 Å². The van der Waals surface area contributed by atoms with Crippen LogP contribution in [0, 0.1) is 5.82 Å². The van der Waals surface area contributed by atoms with E-state index in [1.54, 1.807) is 19.2 Å². The van der Waals surface area contributed by atoms with Gasteiger partial charge in [0.05, 0.1) is 0 Å².